The lowest BCUT2D eigenvalue weighted by atomic mass is 9.99. The van der Waals surface area contributed by atoms with Gasteiger partial charge in [-0.3, -0.25) is 4.79 Å². The summed E-state index contributed by atoms with van der Waals surface area (Å²) in [4.78, 5) is 11.7. The highest BCUT2D eigenvalue weighted by Gasteiger charge is 2.15. The van der Waals surface area contributed by atoms with Gasteiger partial charge in [-0.05, 0) is 30.4 Å². The van der Waals surface area contributed by atoms with Gasteiger partial charge in [0.1, 0.15) is 5.78 Å². The zero-order valence-electron chi connectivity index (χ0n) is 10.0. The zero-order valence-corrected chi connectivity index (χ0v) is 11.6. The molecule has 1 aromatic carbocycles. The van der Waals surface area contributed by atoms with Crippen LogP contribution in [0.25, 0.3) is 0 Å². The molecule has 0 amide bonds. The van der Waals surface area contributed by atoms with Crippen LogP contribution >= 0.6 is 15.9 Å². The Morgan fingerprint density at radius 1 is 1.25 bits per heavy atom. The molecule has 16 heavy (non-hydrogen) atoms. The number of hydrogen-bond donors (Lipinski definition) is 0. The zero-order chi connectivity index (χ0) is 12.0. The Morgan fingerprint density at radius 3 is 2.44 bits per heavy atom. The second kappa shape index (κ2) is 6.85. The molecule has 0 saturated heterocycles. The molecular weight excluding hydrogens is 264 g/mol. The predicted molar refractivity (Wildman–Crippen MR) is 72.2 cm³/mol. The van der Waals surface area contributed by atoms with Gasteiger partial charge >= 0.3 is 0 Å². The SMILES string of the molecule is CCCC(=O)C(Br)Cc1ccccc1CC. The minimum Gasteiger partial charge on any atom is -0.298 e. The third-order valence-electron chi connectivity index (χ3n) is 2.74. The lowest BCUT2D eigenvalue weighted by Crippen LogP contribution is -2.16. The summed E-state index contributed by atoms with van der Waals surface area (Å²) in [6.45, 7) is 4.19. The largest absolute Gasteiger partial charge is 0.298 e. The van der Waals surface area contributed by atoms with Crippen molar-refractivity contribution in [2.75, 3.05) is 0 Å². The molecule has 0 N–H and O–H groups in total. The summed E-state index contributed by atoms with van der Waals surface area (Å²) in [5, 5.41) is 0. The van der Waals surface area contributed by atoms with E-state index in [4.69, 9.17) is 0 Å². The molecule has 1 rings (SSSR count). The summed E-state index contributed by atoms with van der Waals surface area (Å²) >= 11 is 3.49. The Kier molecular flexibility index (Phi) is 5.75. The molecule has 0 aliphatic carbocycles. The van der Waals surface area contributed by atoms with E-state index in [1.165, 1.54) is 11.1 Å². The summed E-state index contributed by atoms with van der Waals surface area (Å²) in [6, 6.07) is 8.35. The highest BCUT2D eigenvalue weighted by atomic mass is 79.9. The van der Waals surface area contributed by atoms with E-state index in [0.29, 0.717) is 12.2 Å². The first kappa shape index (κ1) is 13.4. The molecule has 1 unspecified atom stereocenters. The van der Waals surface area contributed by atoms with Crippen molar-refractivity contribution >= 4 is 21.7 Å². The number of aryl methyl sites for hydroxylation is 1. The lowest BCUT2D eigenvalue weighted by molar-refractivity contribution is -0.118. The van der Waals surface area contributed by atoms with Crippen molar-refractivity contribution in [1.29, 1.82) is 0 Å². The molecule has 1 aromatic rings. The van der Waals surface area contributed by atoms with Gasteiger partial charge in [0, 0.05) is 6.42 Å². The van der Waals surface area contributed by atoms with Gasteiger partial charge in [0.15, 0.2) is 0 Å². The van der Waals surface area contributed by atoms with Gasteiger partial charge in [-0.25, -0.2) is 0 Å². The minimum absolute atomic E-state index is 0.0276. The molecular formula is C14H19BrO. The maximum atomic E-state index is 11.7. The van der Waals surface area contributed by atoms with Crippen molar-refractivity contribution in [2.45, 2.75) is 44.4 Å². The number of benzene rings is 1. The van der Waals surface area contributed by atoms with E-state index >= 15 is 0 Å². The summed E-state index contributed by atoms with van der Waals surface area (Å²) in [5.74, 6) is 0.313. The first-order valence-electron chi connectivity index (χ1n) is 5.92. The number of carbonyl (C=O) groups excluding carboxylic acids is 1. The lowest BCUT2D eigenvalue weighted by Gasteiger charge is -2.11. The highest BCUT2D eigenvalue weighted by Crippen LogP contribution is 2.17. The third kappa shape index (κ3) is 3.75. The Morgan fingerprint density at radius 2 is 1.88 bits per heavy atom. The molecule has 0 bridgehead atoms. The predicted octanol–water partition coefficient (Wildman–Crippen LogP) is 3.92. The van der Waals surface area contributed by atoms with E-state index in [-0.39, 0.29) is 4.83 Å². The van der Waals surface area contributed by atoms with Gasteiger partial charge in [0.25, 0.3) is 0 Å². The van der Waals surface area contributed by atoms with Crippen LogP contribution in [0.2, 0.25) is 0 Å². The highest BCUT2D eigenvalue weighted by molar-refractivity contribution is 9.10. The smallest absolute Gasteiger partial charge is 0.146 e. The Balaban J connectivity index is 2.68. The fraction of sp³-hybridized carbons (Fsp3) is 0.500. The maximum Gasteiger partial charge on any atom is 0.146 e. The summed E-state index contributed by atoms with van der Waals surface area (Å²) < 4.78 is 0. The van der Waals surface area contributed by atoms with Crippen LogP contribution < -0.4 is 0 Å². The molecule has 0 aliphatic heterocycles. The second-order valence-electron chi connectivity index (χ2n) is 4.01. The molecule has 0 spiro atoms. The summed E-state index contributed by atoms with van der Waals surface area (Å²) in [5.41, 5.74) is 2.63. The molecule has 0 saturated carbocycles. The number of halogens is 1. The fourth-order valence-corrected chi connectivity index (χ4v) is 2.39. The molecule has 0 aromatic heterocycles. The monoisotopic (exact) mass is 282 g/mol. The van der Waals surface area contributed by atoms with Crippen LogP contribution in [0.1, 0.15) is 37.8 Å². The normalized spacial score (nSPS) is 12.4. The summed E-state index contributed by atoms with van der Waals surface area (Å²) in [7, 11) is 0. The van der Waals surface area contributed by atoms with Gasteiger partial charge in [-0.1, -0.05) is 54.0 Å². The van der Waals surface area contributed by atoms with Gasteiger partial charge in [0.2, 0.25) is 0 Å². The maximum absolute atomic E-state index is 11.7. The van der Waals surface area contributed by atoms with E-state index in [2.05, 4.69) is 41.1 Å². The molecule has 0 aliphatic rings. The molecule has 1 nitrogen and oxygen atoms in total. The van der Waals surface area contributed by atoms with Gasteiger partial charge < -0.3 is 0 Å². The Bertz CT molecular complexity index is 346. The molecule has 0 radical (unpaired) electrons. The first-order valence-corrected chi connectivity index (χ1v) is 6.84. The topological polar surface area (TPSA) is 17.1 Å². The van der Waals surface area contributed by atoms with Gasteiger partial charge in [-0.2, -0.15) is 0 Å². The average Bonchev–Trinajstić information content (AvgIpc) is 2.30. The van der Waals surface area contributed by atoms with Gasteiger partial charge in [-0.15, -0.1) is 0 Å². The number of alkyl halides is 1. The molecule has 2 heteroatoms. The van der Waals surface area contributed by atoms with E-state index in [1.807, 2.05) is 13.0 Å². The second-order valence-corrected chi connectivity index (χ2v) is 5.12. The van der Waals surface area contributed by atoms with E-state index < -0.39 is 0 Å². The van der Waals surface area contributed by atoms with Crippen molar-refractivity contribution < 1.29 is 4.79 Å². The van der Waals surface area contributed by atoms with Crippen molar-refractivity contribution in [2.24, 2.45) is 0 Å². The van der Waals surface area contributed by atoms with Crippen molar-refractivity contribution in [3.63, 3.8) is 0 Å². The molecule has 0 fully saturated rings. The van der Waals surface area contributed by atoms with Crippen molar-refractivity contribution in [3.05, 3.63) is 35.4 Å². The number of ketones is 1. The van der Waals surface area contributed by atoms with Crippen LogP contribution in [0.5, 0.6) is 0 Å². The Hall–Kier alpha value is -0.630. The van der Waals surface area contributed by atoms with Crippen molar-refractivity contribution in [3.8, 4) is 0 Å². The Labute approximate surface area is 106 Å². The van der Waals surface area contributed by atoms with Crippen LogP contribution in [0.4, 0.5) is 0 Å². The minimum atomic E-state index is -0.0276. The molecule has 1 atom stereocenters. The third-order valence-corrected chi connectivity index (χ3v) is 3.58. The summed E-state index contributed by atoms with van der Waals surface area (Å²) in [6.07, 6.45) is 3.43. The van der Waals surface area contributed by atoms with Crippen LogP contribution in [0, 0.1) is 0 Å². The van der Waals surface area contributed by atoms with Gasteiger partial charge in [0.05, 0.1) is 4.83 Å². The van der Waals surface area contributed by atoms with E-state index in [1.54, 1.807) is 0 Å². The molecule has 0 heterocycles. The number of rotatable bonds is 6. The number of hydrogen-bond acceptors (Lipinski definition) is 1. The molecule has 88 valence electrons. The fourth-order valence-electron chi connectivity index (χ4n) is 1.81. The standard InChI is InChI=1S/C14H19BrO/c1-3-7-14(16)13(15)10-12-9-6-5-8-11(12)4-2/h5-6,8-9,13H,3-4,7,10H2,1-2H3. The average molecular weight is 283 g/mol. The van der Waals surface area contributed by atoms with Crippen LogP contribution in [-0.2, 0) is 17.6 Å². The van der Waals surface area contributed by atoms with E-state index in [0.717, 1.165) is 19.3 Å². The van der Waals surface area contributed by atoms with Crippen LogP contribution in [0.15, 0.2) is 24.3 Å². The van der Waals surface area contributed by atoms with Crippen LogP contribution in [-0.4, -0.2) is 10.6 Å². The van der Waals surface area contributed by atoms with Crippen LogP contribution in [0.3, 0.4) is 0 Å². The number of Topliss-reactive ketones (excluding diaryl/α,β-unsaturated/α-hetero) is 1. The quantitative estimate of drug-likeness (QED) is 0.723. The first-order chi connectivity index (χ1) is 7.69. The van der Waals surface area contributed by atoms with Crippen molar-refractivity contribution in [1.82, 2.24) is 0 Å². The number of carbonyl (C=O) groups is 1. The van der Waals surface area contributed by atoms with E-state index in [9.17, 15) is 4.79 Å².